The number of nitrogen functional groups attached to an aromatic ring is 1. The predicted molar refractivity (Wildman–Crippen MR) is 51.4 cm³/mol. The second-order valence-electron chi connectivity index (χ2n) is 2.65. The molecule has 0 bridgehead atoms. The highest BCUT2D eigenvalue weighted by atomic mass is 35.7. The van der Waals surface area contributed by atoms with Gasteiger partial charge in [0.25, 0.3) is 15.5 Å². The van der Waals surface area contributed by atoms with Crippen LogP contribution in [0.1, 0.15) is 17.7 Å². The smallest absolute Gasteiger partial charge is 0.281 e. The Morgan fingerprint density at radius 1 is 1.56 bits per heavy atom. The van der Waals surface area contributed by atoms with Crippen LogP contribution in [0.25, 0.3) is 0 Å². The number of rotatable bonds is 2. The normalized spacial score (nSPS) is 11.4. The molecule has 2 N–H and O–H groups in total. The van der Waals surface area contributed by atoms with Gasteiger partial charge in [0.05, 0.1) is 17.4 Å². The van der Waals surface area contributed by atoms with Crippen LogP contribution in [0, 0.1) is 11.3 Å². The van der Waals surface area contributed by atoms with E-state index in [0.29, 0.717) is 0 Å². The Labute approximate surface area is 93.9 Å². The van der Waals surface area contributed by atoms with Crippen LogP contribution in [0.5, 0.6) is 0 Å². The minimum atomic E-state index is -4.52. The van der Waals surface area contributed by atoms with Gasteiger partial charge < -0.3 is 5.73 Å². The lowest BCUT2D eigenvalue weighted by Gasteiger charge is -2.08. The highest BCUT2D eigenvalue weighted by Gasteiger charge is 2.28. The van der Waals surface area contributed by atoms with Gasteiger partial charge in [-0.25, -0.2) is 17.2 Å². The zero-order valence-electron chi connectivity index (χ0n) is 7.49. The molecule has 16 heavy (non-hydrogen) atoms. The molecule has 0 aliphatic heterocycles. The van der Waals surface area contributed by atoms with Crippen LogP contribution in [0.15, 0.2) is 11.1 Å². The molecule has 9 heteroatoms. The summed E-state index contributed by atoms with van der Waals surface area (Å²) in [7, 11) is 0.439. The van der Waals surface area contributed by atoms with Crippen LogP contribution >= 0.6 is 10.7 Å². The molecule has 1 heterocycles. The average molecular weight is 268 g/mol. The Morgan fingerprint density at radius 3 is 2.50 bits per heavy atom. The molecule has 0 saturated heterocycles. The van der Waals surface area contributed by atoms with E-state index in [1.807, 2.05) is 0 Å². The summed E-state index contributed by atoms with van der Waals surface area (Å²) in [4.78, 5) is 2.13. The number of nitriles is 1. The summed E-state index contributed by atoms with van der Waals surface area (Å²) in [5.74, 6) is 0. The zero-order chi connectivity index (χ0) is 12.5. The minimum Gasteiger partial charge on any atom is -0.396 e. The number of nitrogens with two attached hydrogens (primary N) is 1. The summed E-state index contributed by atoms with van der Waals surface area (Å²) in [6, 6.07) is 1.40. The molecule has 1 rings (SSSR count). The molecule has 0 aromatic carbocycles. The van der Waals surface area contributed by atoms with E-state index in [4.69, 9.17) is 21.7 Å². The molecular weight excluding hydrogens is 264 g/mol. The largest absolute Gasteiger partial charge is 0.396 e. The molecule has 0 saturated carbocycles. The van der Waals surface area contributed by atoms with Crippen LogP contribution in [0.4, 0.5) is 14.5 Å². The average Bonchev–Trinajstić information content (AvgIpc) is 2.15. The van der Waals surface area contributed by atoms with E-state index in [1.54, 1.807) is 0 Å². The fourth-order valence-corrected chi connectivity index (χ4v) is 2.31. The number of alkyl halides is 2. The number of hydrogen-bond acceptors (Lipinski definition) is 5. The van der Waals surface area contributed by atoms with Crippen molar-refractivity contribution in [3.8, 4) is 6.07 Å². The highest BCUT2D eigenvalue weighted by Crippen LogP contribution is 2.31. The second-order valence-corrected chi connectivity index (χ2v) is 5.16. The van der Waals surface area contributed by atoms with Crippen molar-refractivity contribution in [1.29, 1.82) is 5.26 Å². The standard InChI is InChI=1S/C7H4ClF2N3O2S/c8-16(14,15)6-3(1-11)4(12)2-13-5(6)7(9)10/h2,7H,12H2. The maximum atomic E-state index is 12.5. The Hall–Kier alpha value is -1.46. The van der Waals surface area contributed by atoms with Crippen LogP contribution in [-0.2, 0) is 9.05 Å². The number of anilines is 1. The molecular formula is C7H4ClF2N3O2S. The first-order valence-corrected chi connectivity index (χ1v) is 6.01. The quantitative estimate of drug-likeness (QED) is 0.817. The van der Waals surface area contributed by atoms with Crippen LogP contribution in [0.2, 0.25) is 0 Å². The van der Waals surface area contributed by atoms with Crippen molar-refractivity contribution in [2.24, 2.45) is 0 Å². The minimum absolute atomic E-state index is 0.328. The molecule has 0 spiro atoms. The third-order valence-electron chi connectivity index (χ3n) is 1.65. The summed E-state index contributed by atoms with van der Waals surface area (Å²) in [5.41, 5.74) is 3.21. The van der Waals surface area contributed by atoms with E-state index >= 15 is 0 Å². The number of aromatic nitrogens is 1. The highest BCUT2D eigenvalue weighted by molar-refractivity contribution is 8.13. The lowest BCUT2D eigenvalue weighted by Crippen LogP contribution is -2.07. The van der Waals surface area contributed by atoms with Gasteiger partial charge in [-0.15, -0.1) is 0 Å². The van der Waals surface area contributed by atoms with Gasteiger partial charge in [-0.2, -0.15) is 5.26 Å². The van der Waals surface area contributed by atoms with Crippen molar-refractivity contribution >= 4 is 25.4 Å². The van der Waals surface area contributed by atoms with E-state index in [-0.39, 0.29) is 5.69 Å². The Balaban J connectivity index is 3.77. The van der Waals surface area contributed by atoms with E-state index in [1.165, 1.54) is 6.07 Å². The fourth-order valence-electron chi connectivity index (χ4n) is 1.04. The molecule has 0 amide bonds. The molecule has 0 unspecified atom stereocenters. The van der Waals surface area contributed by atoms with Crippen LogP contribution in [-0.4, -0.2) is 13.4 Å². The van der Waals surface area contributed by atoms with Gasteiger partial charge in [-0.1, -0.05) is 0 Å². The summed E-state index contributed by atoms with van der Waals surface area (Å²) in [6.07, 6.45) is -2.39. The molecule has 5 nitrogen and oxygen atoms in total. The lowest BCUT2D eigenvalue weighted by atomic mass is 10.2. The molecule has 86 valence electrons. The molecule has 1 aromatic heterocycles. The molecule has 0 fully saturated rings. The summed E-state index contributed by atoms with van der Waals surface area (Å²) < 4.78 is 47.1. The number of halogens is 3. The topological polar surface area (TPSA) is 96.8 Å². The molecule has 0 atom stereocenters. The first-order valence-electron chi connectivity index (χ1n) is 3.70. The van der Waals surface area contributed by atoms with Crippen molar-refractivity contribution in [2.45, 2.75) is 11.3 Å². The summed E-state index contributed by atoms with van der Waals surface area (Å²) >= 11 is 0. The van der Waals surface area contributed by atoms with Crippen molar-refractivity contribution in [3.05, 3.63) is 17.5 Å². The SMILES string of the molecule is N#Cc1c(N)cnc(C(F)F)c1S(=O)(=O)Cl. The zero-order valence-corrected chi connectivity index (χ0v) is 9.06. The molecule has 0 aliphatic rings. The van der Waals surface area contributed by atoms with Gasteiger partial charge in [0.15, 0.2) is 0 Å². The Bertz CT molecular complexity index is 568. The van der Waals surface area contributed by atoms with E-state index in [0.717, 1.165) is 6.20 Å². The third kappa shape index (κ3) is 2.20. The van der Waals surface area contributed by atoms with Crippen molar-refractivity contribution in [1.82, 2.24) is 4.98 Å². The van der Waals surface area contributed by atoms with Gasteiger partial charge in [-0.05, 0) is 0 Å². The van der Waals surface area contributed by atoms with Gasteiger partial charge in [0.2, 0.25) is 0 Å². The monoisotopic (exact) mass is 267 g/mol. The van der Waals surface area contributed by atoms with Gasteiger partial charge in [0.1, 0.15) is 16.7 Å². The van der Waals surface area contributed by atoms with Gasteiger partial charge >= 0.3 is 0 Å². The van der Waals surface area contributed by atoms with Crippen molar-refractivity contribution in [2.75, 3.05) is 5.73 Å². The fraction of sp³-hybridized carbons (Fsp3) is 0.143. The van der Waals surface area contributed by atoms with E-state index in [9.17, 15) is 17.2 Å². The van der Waals surface area contributed by atoms with Crippen LogP contribution in [0.3, 0.4) is 0 Å². The second kappa shape index (κ2) is 4.19. The number of nitrogens with zero attached hydrogens (tertiary/aromatic N) is 2. The van der Waals surface area contributed by atoms with E-state index in [2.05, 4.69) is 4.98 Å². The molecule has 1 aromatic rings. The maximum Gasteiger partial charge on any atom is 0.281 e. The Morgan fingerprint density at radius 2 is 2.12 bits per heavy atom. The van der Waals surface area contributed by atoms with Crippen LogP contribution < -0.4 is 5.73 Å². The summed E-state index contributed by atoms with van der Waals surface area (Å²) in [6.45, 7) is 0. The first kappa shape index (κ1) is 12.6. The van der Waals surface area contributed by atoms with Gasteiger partial charge in [0, 0.05) is 10.7 Å². The molecule has 0 aliphatic carbocycles. The van der Waals surface area contributed by atoms with Gasteiger partial charge in [-0.3, -0.25) is 4.98 Å². The van der Waals surface area contributed by atoms with Crippen molar-refractivity contribution in [3.63, 3.8) is 0 Å². The lowest BCUT2D eigenvalue weighted by molar-refractivity contribution is 0.142. The molecule has 0 radical (unpaired) electrons. The third-order valence-corrected chi connectivity index (χ3v) is 3.02. The Kier molecular flexibility index (Phi) is 3.30. The van der Waals surface area contributed by atoms with Crippen molar-refractivity contribution < 1.29 is 17.2 Å². The number of pyridine rings is 1. The summed E-state index contributed by atoms with van der Waals surface area (Å²) in [5, 5.41) is 8.64. The maximum absolute atomic E-state index is 12.5. The van der Waals surface area contributed by atoms with E-state index < -0.39 is 31.6 Å². The first-order chi connectivity index (χ1) is 7.29. The number of hydrogen-bond donors (Lipinski definition) is 1. The predicted octanol–water partition coefficient (Wildman–Crippen LogP) is 1.40.